The van der Waals surface area contributed by atoms with Crippen LogP contribution in [0, 0.1) is 6.92 Å². The molecule has 0 aliphatic heterocycles. The summed E-state index contributed by atoms with van der Waals surface area (Å²) in [4.78, 5) is 10.8. The lowest BCUT2D eigenvalue weighted by Crippen LogP contribution is -2.12. The molecule has 0 amide bonds. The number of nitrogens with one attached hydrogen (secondary N) is 1. The zero-order chi connectivity index (χ0) is 17.2. The molecule has 0 unspecified atom stereocenters. The number of hydrogen-bond donors (Lipinski definition) is 1. The Morgan fingerprint density at radius 3 is 2.38 bits per heavy atom. The van der Waals surface area contributed by atoms with Gasteiger partial charge in [0, 0.05) is 11.3 Å². The van der Waals surface area contributed by atoms with Crippen molar-refractivity contribution in [2.75, 3.05) is 4.72 Å². The molecular weight excluding hydrogens is 326 g/mol. The van der Waals surface area contributed by atoms with Gasteiger partial charge in [-0.05, 0) is 61.0 Å². The predicted molar refractivity (Wildman–Crippen MR) is 91.5 cm³/mol. The summed E-state index contributed by atoms with van der Waals surface area (Å²) in [6.45, 7) is 1.89. The molecule has 0 radical (unpaired) electrons. The fourth-order valence-corrected chi connectivity index (χ4v) is 3.34. The average Bonchev–Trinajstić information content (AvgIpc) is 3.04. The molecule has 3 aromatic rings. The zero-order valence-corrected chi connectivity index (χ0v) is 13.7. The minimum absolute atomic E-state index is 0.148. The van der Waals surface area contributed by atoms with Gasteiger partial charge < -0.3 is 4.42 Å². The molecule has 5 nitrogen and oxygen atoms in total. The Hall–Kier alpha value is -2.86. The van der Waals surface area contributed by atoms with Crippen molar-refractivity contribution in [2.24, 2.45) is 0 Å². The highest BCUT2D eigenvalue weighted by molar-refractivity contribution is 7.92. The van der Waals surface area contributed by atoms with Crippen LogP contribution in [0.15, 0.2) is 70.0 Å². The van der Waals surface area contributed by atoms with Crippen LogP contribution in [-0.2, 0) is 10.0 Å². The largest absolute Gasteiger partial charge is 0.453 e. The maximum absolute atomic E-state index is 12.4. The van der Waals surface area contributed by atoms with Gasteiger partial charge in [-0.1, -0.05) is 12.1 Å². The molecule has 0 fully saturated rings. The van der Waals surface area contributed by atoms with E-state index in [9.17, 15) is 13.2 Å². The van der Waals surface area contributed by atoms with E-state index in [1.807, 2.05) is 13.0 Å². The van der Waals surface area contributed by atoms with E-state index >= 15 is 0 Å². The number of furan rings is 1. The van der Waals surface area contributed by atoms with Crippen LogP contribution >= 0.6 is 0 Å². The first-order valence-corrected chi connectivity index (χ1v) is 8.71. The van der Waals surface area contributed by atoms with Crippen LogP contribution in [0.3, 0.4) is 0 Å². The summed E-state index contributed by atoms with van der Waals surface area (Å²) in [6.07, 6.45) is 0.619. The number of aldehydes is 1. The summed E-state index contributed by atoms with van der Waals surface area (Å²) in [5, 5.41) is 0. The van der Waals surface area contributed by atoms with E-state index < -0.39 is 10.0 Å². The van der Waals surface area contributed by atoms with Gasteiger partial charge in [0.2, 0.25) is 0 Å². The van der Waals surface area contributed by atoms with Crippen LogP contribution in [0.25, 0.3) is 11.3 Å². The van der Waals surface area contributed by atoms with Gasteiger partial charge in [0.05, 0.1) is 4.90 Å². The van der Waals surface area contributed by atoms with Crippen molar-refractivity contribution < 1.29 is 17.6 Å². The SMILES string of the molecule is Cc1cccc(NS(=O)(=O)c2ccc(-c3ccc(C=O)o3)cc2)c1. The summed E-state index contributed by atoms with van der Waals surface area (Å²) in [5.41, 5.74) is 2.17. The van der Waals surface area contributed by atoms with Crippen molar-refractivity contribution in [3.8, 4) is 11.3 Å². The lowest BCUT2D eigenvalue weighted by atomic mass is 10.2. The molecule has 1 N–H and O–H groups in total. The van der Waals surface area contributed by atoms with Crippen LogP contribution in [0.2, 0.25) is 0 Å². The number of benzene rings is 2. The third kappa shape index (κ3) is 3.38. The number of hydrogen-bond acceptors (Lipinski definition) is 4. The second-order valence-corrected chi connectivity index (χ2v) is 7.00. The van der Waals surface area contributed by atoms with Gasteiger partial charge in [-0.2, -0.15) is 0 Å². The number of sulfonamides is 1. The Morgan fingerprint density at radius 2 is 1.75 bits per heavy atom. The molecule has 0 saturated carbocycles. The molecule has 6 heteroatoms. The van der Waals surface area contributed by atoms with Gasteiger partial charge in [-0.25, -0.2) is 8.42 Å². The number of aryl methyl sites for hydroxylation is 1. The molecule has 24 heavy (non-hydrogen) atoms. The Labute approximate surface area is 140 Å². The van der Waals surface area contributed by atoms with Gasteiger partial charge in [0.1, 0.15) is 5.76 Å². The second-order valence-electron chi connectivity index (χ2n) is 5.32. The highest BCUT2D eigenvalue weighted by Gasteiger charge is 2.15. The zero-order valence-electron chi connectivity index (χ0n) is 12.9. The summed E-state index contributed by atoms with van der Waals surface area (Å²) < 4.78 is 32.7. The average molecular weight is 341 g/mol. The minimum Gasteiger partial charge on any atom is -0.453 e. The van der Waals surface area contributed by atoms with Crippen molar-refractivity contribution in [1.29, 1.82) is 0 Å². The van der Waals surface area contributed by atoms with Gasteiger partial charge in [-0.3, -0.25) is 9.52 Å². The number of rotatable bonds is 5. The van der Waals surface area contributed by atoms with Crippen LogP contribution < -0.4 is 4.72 Å². The summed E-state index contributed by atoms with van der Waals surface area (Å²) >= 11 is 0. The molecule has 3 rings (SSSR count). The molecule has 0 atom stereocenters. The lowest BCUT2D eigenvalue weighted by Gasteiger charge is -2.09. The molecule has 0 aliphatic rings. The quantitative estimate of drug-likeness (QED) is 0.715. The monoisotopic (exact) mass is 341 g/mol. The van der Waals surface area contributed by atoms with Crippen molar-refractivity contribution >= 4 is 22.0 Å². The first-order chi connectivity index (χ1) is 11.5. The third-order valence-corrected chi connectivity index (χ3v) is 4.86. The first-order valence-electron chi connectivity index (χ1n) is 7.23. The molecule has 1 aromatic heterocycles. The van der Waals surface area contributed by atoms with E-state index in [1.165, 1.54) is 12.1 Å². The van der Waals surface area contributed by atoms with Crippen molar-refractivity contribution in [1.82, 2.24) is 0 Å². The van der Waals surface area contributed by atoms with E-state index in [0.717, 1.165) is 5.56 Å². The molecule has 0 spiro atoms. The molecule has 0 saturated heterocycles. The second kappa shape index (κ2) is 6.33. The predicted octanol–water partition coefficient (Wildman–Crippen LogP) is 3.87. The number of carbonyl (C=O) groups excluding carboxylic acids is 1. The van der Waals surface area contributed by atoms with E-state index in [4.69, 9.17) is 4.42 Å². The van der Waals surface area contributed by atoms with Crippen LogP contribution in [-0.4, -0.2) is 14.7 Å². The number of carbonyl (C=O) groups is 1. The first kappa shape index (κ1) is 16.0. The smallest absolute Gasteiger partial charge is 0.261 e. The fraction of sp³-hybridized carbons (Fsp3) is 0.0556. The Balaban J connectivity index is 1.85. The van der Waals surface area contributed by atoms with Crippen molar-refractivity contribution in [3.63, 3.8) is 0 Å². The maximum Gasteiger partial charge on any atom is 0.261 e. The Bertz CT molecular complexity index is 972. The molecule has 0 bridgehead atoms. The maximum atomic E-state index is 12.4. The standard InChI is InChI=1S/C18H15NO4S/c1-13-3-2-4-15(11-13)19-24(21,22)17-8-5-14(6-9-17)18-10-7-16(12-20)23-18/h2-12,19H,1H3. The molecule has 2 aromatic carbocycles. The molecule has 1 heterocycles. The highest BCUT2D eigenvalue weighted by atomic mass is 32.2. The summed E-state index contributed by atoms with van der Waals surface area (Å²) in [5.74, 6) is 0.732. The number of anilines is 1. The van der Waals surface area contributed by atoms with Crippen molar-refractivity contribution in [3.05, 3.63) is 72.0 Å². The Kier molecular flexibility index (Phi) is 4.22. The van der Waals surface area contributed by atoms with Gasteiger partial charge in [0.25, 0.3) is 10.0 Å². The van der Waals surface area contributed by atoms with Gasteiger partial charge in [-0.15, -0.1) is 0 Å². The van der Waals surface area contributed by atoms with Crippen LogP contribution in [0.4, 0.5) is 5.69 Å². The third-order valence-electron chi connectivity index (χ3n) is 3.46. The molecular formula is C18H15NO4S. The van der Waals surface area contributed by atoms with E-state index in [-0.39, 0.29) is 10.7 Å². The van der Waals surface area contributed by atoms with Gasteiger partial charge >= 0.3 is 0 Å². The minimum atomic E-state index is -3.67. The van der Waals surface area contributed by atoms with E-state index in [2.05, 4.69) is 4.72 Å². The topological polar surface area (TPSA) is 76.4 Å². The molecule has 0 aliphatic carbocycles. The summed E-state index contributed by atoms with van der Waals surface area (Å²) in [6, 6.07) is 16.6. The fourth-order valence-electron chi connectivity index (χ4n) is 2.29. The van der Waals surface area contributed by atoms with Gasteiger partial charge in [0.15, 0.2) is 12.0 Å². The Morgan fingerprint density at radius 1 is 1.00 bits per heavy atom. The van der Waals surface area contributed by atoms with E-state index in [1.54, 1.807) is 42.5 Å². The molecule has 122 valence electrons. The lowest BCUT2D eigenvalue weighted by molar-refractivity contribution is 0.110. The van der Waals surface area contributed by atoms with Crippen LogP contribution in [0.1, 0.15) is 16.1 Å². The normalized spacial score (nSPS) is 11.2. The highest BCUT2D eigenvalue weighted by Crippen LogP contribution is 2.24. The van der Waals surface area contributed by atoms with E-state index in [0.29, 0.717) is 23.3 Å². The van der Waals surface area contributed by atoms with Crippen molar-refractivity contribution in [2.45, 2.75) is 11.8 Å². The summed E-state index contributed by atoms with van der Waals surface area (Å²) in [7, 11) is -3.67. The van der Waals surface area contributed by atoms with Crippen LogP contribution in [0.5, 0.6) is 0 Å².